The summed E-state index contributed by atoms with van der Waals surface area (Å²) >= 11 is 0. The molecule has 0 unspecified atom stereocenters. The Labute approximate surface area is 153 Å². The number of phenolic OH excluding ortho intramolecular Hbond substituents is 2. The molecule has 3 N–H and O–H groups in total. The van der Waals surface area contributed by atoms with E-state index in [1.807, 2.05) is 0 Å². The van der Waals surface area contributed by atoms with Crippen LogP contribution in [0.1, 0.15) is 32.6 Å². The van der Waals surface area contributed by atoms with Crippen LogP contribution in [0.5, 0.6) is 23.0 Å². The first-order valence-corrected chi connectivity index (χ1v) is 8.35. The minimum atomic E-state index is -1.29. The van der Waals surface area contributed by atoms with Crippen molar-refractivity contribution in [2.75, 3.05) is 0 Å². The summed E-state index contributed by atoms with van der Waals surface area (Å²) in [7, 11) is 0. The van der Waals surface area contributed by atoms with Crippen molar-refractivity contribution in [1.29, 1.82) is 0 Å². The molecule has 6 heteroatoms. The van der Waals surface area contributed by atoms with E-state index in [2.05, 4.69) is 0 Å². The SMILES string of the molecule is O=C1OC2(c3ccc(O)cc3Oc3cc(O)ccc32)c2cc(CO)ccc21. The second kappa shape index (κ2) is 5.25. The van der Waals surface area contributed by atoms with Gasteiger partial charge in [0.05, 0.1) is 12.2 Å². The predicted molar refractivity (Wildman–Crippen MR) is 93.9 cm³/mol. The third-order valence-corrected chi connectivity index (χ3v) is 5.02. The van der Waals surface area contributed by atoms with E-state index >= 15 is 0 Å². The summed E-state index contributed by atoms with van der Waals surface area (Å²) < 4.78 is 11.8. The Morgan fingerprint density at radius 1 is 0.815 bits per heavy atom. The molecule has 2 aliphatic rings. The number of hydrogen-bond acceptors (Lipinski definition) is 6. The van der Waals surface area contributed by atoms with Crippen LogP contribution in [-0.2, 0) is 16.9 Å². The quantitative estimate of drug-likeness (QED) is 0.576. The van der Waals surface area contributed by atoms with Crippen LogP contribution < -0.4 is 4.74 Å². The average Bonchev–Trinajstić information content (AvgIpc) is 2.94. The largest absolute Gasteiger partial charge is 0.508 e. The minimum Gasteiger partial charge on any atom is -0.508 e. The number of aliphatic hydroxyl groups excluding tert-OH is 1. The van der Waals surface area contributed by atoms with E-state index in [4.69, 9.17) is 9.47 Å². The molecule has 0 aliphatic carbocycles. The average molecular weight is 362 g/mol. The van der Waals surface area contributed by atoms with Crippen LogP contribution in [0.15, 0.2) is 54.6 Å². The number of hydrogen-bond donors (Lipinski definition) is 3. The number of esters is 1. The monoisotopic (exact) mass is 362 g/mol. The fraction of sp³-hybridized carbons (Fsp3) is 0.0952. The van der Waals surface area contributed by atoms with Crippen LogP contribution in [0.3, 0.4) is 0 Å². The van der Waals surface area contributed by atoms with Crippen molar-refractivity contribution in [2.45, 2.75) is 12.2 Å². The topological polar surface area (TPSA) is 96.2 Å². The normalized spacial score (nSPS) is 15.5. The third kappa shape index (κ3) is 2.01. The lowest BCUT2D eigenvalue weighted by molar-refractivity contribution is 0.0224. The molecule has 134 valence electrons. The second-order valence-electron chi connectivity index (χ2n) is 6.57. The number of aliphatic hydroxyl groups is 1. The van der Waals surface area contributed by atoms with Gasteiger partial charge >= 0.3 is 5.97 Å². The highest BCUT2D eigenvalue weighted by Gasteiger charge is 2.53. The molecule has 0 radical (unpaired) electrons. The van der Waals surface area contributed by atoms with Gasteiger partial charge in [0.2, 0.25) is 0 Å². The Balaban J connectivity index is 1.90. The van der Waals surface area contributed by atoms with Gasteiger partial charge in [0.25, 0.3) is 0 Å². The van der Waals surface area contributed by atoms with Crippen molar-refractivity contribution < 1.29 is 29.6 Å². The van der Waals surface area contributed by atoms with Gasteiger partial charge in [-0.05, 0) is 42.0 Å². The number of aromatic hydroxyl groups is 2. The zero-order valence-corrected chi connectivity index (χ0v) is 14.0. The number of benzene rings is 3. The summed E-state index contributed by atoms with van der Waals surface area (Å²) in [6.45, 7) is -0.182. The van der Waals surface area contributed by atoms with E-state index in [1.165, 1.54) is 24.3 Å². The van der Waals surface area contributed by atoms with Gasteiger partial charge in [0, 0.05) is 28.8 Å². The molecule has 0 saturated carbocycles. The van der Waals surface area contributed by atoms with Crippen LogP contribution in [0, 0.1) is 0 Å². The van der Waals surface area contributed by atoms with Gasteiger partial charge in [-0.1, -0.05) is 6.07 Å². The summed E-state index contributed by atoms with van der Waals surface area (Å²) in [4.78, 5) is 12.7. The Hall–Kier alpha value is -3.51. The second-order valence-corrected chi connectivity index (χ2v) is 6.57. The van der Waals surface area contributed by atoms with E-state index in [0.29, 0.717) is 39.3 Å². The molecule has 1 spiro atoms. The molecule has 6 nitrogen and oxygen atoms in total. The highest BCUT2D eigenvalue weighted by molar-refractivity contribution is 5.97. The molecule has 0 amide bonds. The van der Waals surface area contributed by atoms with Gasteiger partial charge in [0.1, 0.15) is 23.0 Å². The molecule has 0 saturated heterocycles. The molecule has 5 rings (SSSR count). The van der Waals surface area contributed by atoms with E-state index in [1.54, 1.807) is 30.3 Å². The van der Waals surface area contributed by atoms with Crippen molar-refractivity contribution in [3.8, 4) is 23.0 Å². The summed E-state index contributed by atoms with van der Waals surface area (Å²) in [6, 6.07) is 14.2. The maximum atomic E-state index is 12.7. The fourth-order valence-electron chi connectivity index (χ4n) is 3.84. The first kappa shape index (κ1) is 15.7. The number of carbonyl (C=O) groups excluding carboxylic acids is 1. The molecule has 0 fully saturated rings. The Morgan fingerprint density at radius 3 is 2.04 bits per heavy atom. The molecule has 2 aliphatic heterocycles. The Morgan fingerprint density at radius 2 is 1.44 bits per heavy atom. The summed E-state index contributed by atoms with van der Waals surface area (Å²) in [5.74, 6) is 0.156. The lowest BCUT2D eigenvalue weighted by atomic mass is 9.77. The molecule has 2 heterocycles. The van der Waals surface area contributed by atoms with Crippen LogP contribution in [0.4, 0.5) is 0 Å². The van der Waals surface area contributed by atoms with Crippen molar-refractivity contribution in [2.24, 2.45) is 0 Å². The van der Waals surface area contributed by atoms with Crippen LogP contribution in [0.25, 0.3) is 0 Å². The molecular weight excluding hydrogens is 348 g/mol. The zero-order valence-electron chi connectivity index (χ0n) is 14.0. The zero-order chi connectivity index (χ0) is 18.8. The van der Waals surface area contributed by atoms with Crippen molar-refractivity contribution in [3.63, 3.8) is 0 Å². The van der Waals surface area contributed by atoms with Gasteiger partial charge in [-0.15, -0.1) is 0 Å². The van der Waals surface area contributed by atoms with Gasteiger partial charge < -0.3 is 24.8 Å². The number of ether oxygens (including phenoxy) is 2. The highest BCUT2D eigenvalue weighted by Crippen LogP contribution is 2.57. The molecule has 0 atom stereocenters. The van der Waals surface area contributed by atoms with Gasteiger partial charge in [0.15, 0.2) is 5.60 Å². The van der Waals surface area contributed by atoms with Crippen molar-refractivity contribution >= 4 is 5.97 Å². The molecule has 3 aromatic carbocycles. The van der Waals surface area contributed by atoms with Crippen molar-refractivity contribution in [1.82, 2.24) is 0 Å². The highest BCUT2D eigenvalue weighted by atomic mass is 16.6. The Kier molecular flexibility index (Phi) is 3.06. The maximum absolute atomic E-state index is 12.7. The number of carbonyl (C=O) groups is 1. The standard InChI is InChI=1S/C21H14O6/c22-10-11-1-4-14-17(7-11)21(27-20(14)25)15-5-2-12(23)8-18(15)26-19-9-13(24)3-6-16(19)21/h1-9,22-24H,10H2. The summed E-state index contributed by atoms with van der Waals surface area (Å²) in [6.07, 6.45) is 0. The van der Waals surface area contributed by atoms with Gasteiger partial charge in [-0.25, -0.2) is 4.79 Å². The summed E-state index contributed by atoms with van der Waals surface area (Å²) in [5.41, 5.74) is 1.44. The van der Waals surface area contributed by atoms with Crippen LogP contribution >= 0.6 is 0 Å². The molecule has 0 bridgehead atoms. The minimum absolute atomic E-state index is 0.00107. The molecule has 27 heavy (non-hydrogen) atoms. The number of rotatable bonds is 1. The lowest BCUT2D eigenvalue weighted by Crippen LogP contribution is -2.33. The van der Waals surface area contributed by atoms with Crippen LogP contribution in [0.2, 0.25) is 0 Å². The number of fused-ring (bicyclic) bond motifs is 6. The third-order valence-electron chi connectivity index (χ3n) is 5.02. The Bertz CT molecular complexity index is 1070. The first-order chi connectivity index (χ1) is 13.0. The van der Waals surface area contributed by atoms with E-state index < -0.39 is 11.6 Å². The van der Waals surface area contributed by atoms with E-state index in [0.717, 1.165) is 0 Å². The molecular formula is C21H14O6. The molecule has 0 aromatic heterocycles. The molecule has 3 aromatic rings. The van der Waals surface area contributed by atoms with Gasteiger partial charge in [-0.3, -0.25) is 0 Å². The van der Waals surface area contributed by atoms with E-state index in [-0.39, 0.29) is 18.1 Å². The maximum Gasteiger partial charge on any atom is 0.340 e. The van der Waals surface area contributed by atoms with Crippen LogP contribution in [-0.4, -0.2) is 21.3 Å². The van der Waals surface area contributed by atoms with E-state index in [9.17, 15) is 20.1 Å². The first-order valence-electron chi connectivity index (χ1n) is 8.35. The smallest absolute Gasteiger partial charge is 0.340 e. The lowest BCUT2D eigenvalue weighted by Gasteiger charge is -2.36. The van der Waals surface area contributed by atoms with Crippen molar-refractivity contribution in [3.05, 3.63) is 82.4 Å². The number of phenols is 2. The summed E-state index contributed by atoms with van der Waals surface area (Å²) in [5, 5.41) is 29.3. The predicted octanol–water partition coefficient (Wildman–Crippen LogP) is 3.16. The fourth-order valence-corrected chi connectivity index (χ4v) is 3.84. The van der Waals surface area contributed by atoms with Gasteiger partial charge in [-0.2, -0.15) is 0 Å².